The molecule has 0 saturated carbocycles. The van der Waals surface area contributed by atoms with Crippen molar-refractivity contribution in [3.63, 3.8) is 0 Å². The highest BCUT2D eigenvalue weighted by Crippen LogP contribution is 2.35. The first kappa shape index (κ1) is 19.8. The van der Waals surface area contributed by atoms with Crippen LogP contribution in [0.1, 0.15) is 0 Å². The molecule has 0 amide bonds. The molecule has 0 saturated heterocycles. The zero-order valence-corrected chi connectivity index (χ0v) is 15.0. The molecule has 27 heavy (non-hydrogen) atoms. The summed E-state index contributed by atoms with van der Waals surface area (Å²) >= 11 is 0. The van der Waals surface area contributed by atoms with Gasteiger partial charge in [0.25, 0.3) is 21.4 Å². The van der Waals surface area contributed by atoms with Gasteiger partial charge in [-0.25, -0.2) is 8.42 Å². The largest absolute Gasteiger partial charge is 0.495 e. The van der Waals surface area contributed by atoms with Gasteiger partial charge in [0, 0.05) is 24.3 Å². The molecular weight excluding hydrogens is 378 g/mol. The Hall–Kier alpha value is -3.47. The van der Waals surface area contributed by atoms with Gasteiger partial charge >= 0.3 is 0 Å². The number of rotatable bonds is 8. The third kappa shape index (κ3) is 4.03. The van der Waals surface area contributed by atoms with Crippen LogP contribution in [0.25, 0.3) is 0 Å². The maximum Gasteiger partial charge on any atom is 0.271 e. The summed E-state index contributed by atoms with van der Waals surface area (Å²) in [4.78, 5) is 20.3. The maximum atomic E-state index is 13.0. The van der Waals surface area contributed by atoms with Crippen molar-refractivity contribution in [3.05, 3.63) is 75.3 Å². The lowest BCUT2D eigenvalue weighted by Gasteiger charge is -2.24. The van der Waals surface area contributed by atoms with E-state index in [2.05, 4.69) is 6.58 Å². The van der Waals surface area contributed by atoms with E-state index in [0.717, 1.165) is 34.6 Å². The standard InChI is InChI=1S/C16H15N3O7S/c1-3-10-17(15-11-13(19(22)23)6-9-16(15)26-2)27(24,25)14-7-4-12(5-8-14)18(20)21/h3-9,11H,1,10H2,2H3. The number of nitrogens with zero attached hydrogens (tertiary/aromatic N) is 3. The molecule has 0 bridgehead atoms. The fourth-order valence-corrected chi connectivity index (χ4v) is 3.73. The second-order valence-electron chi connectivity index (χ2n) is 5.19. The second-order valence-corrected chi connectivity index (χ2v) is 7.05. The number of sulfonamides is 1. The van der Waals surface area contributed by atoms with Gasteiger partial charge in [0.15, 0.2) is 0 Å². The van der Waals surface area contributed by atoms with Crippen molar-refractivity contribution in [1.29, 1.82) is 0 Å². The highest BCUT2D eigenvalue weighted by atomic mass is 32.2. The topological polar surface area (TPSA) is 133 Å². The molecule has 0 fully saturated rings. The number of benzene rings is 2. The number of non-ortho nitro benzene ring substituents is 2. The average Bonchev–Trinajstić information content (AvgIpc) is 2.65. The molecule has 0 spiro atoms. The molecule has 0 atom stereocenters. The van der Waals surface area contributed by atoms with E-state index in [-0.39, 0.29) is 34.3 Å². The maximum absolute atomic E-state index is 13.0. The molecule has 142 valence electrons. The Morgan fingerprint density at radius 2 is 1.63 bits per heavy atom. The van der Waals surface area contributed by atoms with Gasteiger partial charge in [0.05, 0.1) is 28.4 Å². The van der Waals surface area contributed by atoms with Crippen molar-refractivity contribution < 1.29 is 23.0 Å². The second kappa shape index (κ2) is 7.83. The molecule has 0 radical (unpaired) electrons. The van der Waals surface area contributed by atoms with Crippen LogP contribution in [-0.2, 0) is 10.0 Å². The number of nitro benzene ring substituents is 2. The SMILES string of the molecule is C=CCN(c1cc([N+](=O)[O-])ccc1OC)S(=O)(=O)c1ccc([N+](=O)[O-])cc1. The Balaban J connectivity index is 2.62. The molecule has 0 unspecified atom stereocenters. The molecule has 2 aromatic rings. The monoisotopic (exact) mass is 393 g/mol. The van der Waals surface area contributed by atoms with Crippen LogP contribution in [0.4, 0.5) is 17.1 Å². The number of hydrogen-bond donors (Lipinski definition) is 0. The molecule has 2 aromatic carbocycles. The molecule has 0 heterocycles. The zero-order valence-electron chi connectivity index (χ0n) is 14.1. The van der Waals surface area contributed by atoms with E-state index in [1.165, 1.54) is 25.3 Å². The summed E-state index contributed by atoms with van der Waals surface area (Å²) in [6.45, 7) is 3.32. The highest BCUT2D eigenvalue weighted by molar-refractivity contribution is 7.92. The Labute approximate surface area is 154 Å². The van der Waals surface area contributed by atoms with Crippen molar-refractivity contribution in [2.75, 3.05) is 18.0 Å². The fraction of sp³-hybridized carbons (Fsp3) is 0.125. The van der Waals surface area contributed by atoms with E-state index in [1.807, 2.05) is 0 Å². The van der Waals surface area contributed by atoms with E-state index in [4.69, 9.17) is 4.74 Å². The summed E-state index contributed by atoms with van der Waals surface area (Å²) in [6, 6.07) is 7.85. The average molecular weight is 393 g/mol. The van der Waals surface area contributed by atoms with Crippen molar-refractivity contribution in [1.82, 2.24) is 0 Å². The van der Waals surface area contributed by atoms with Crippen molar-refractivity contribution >= 4 is 27.1 Å². The first-order valence-electron chi connectivity index (χ1n) is 7.43. The Morgan fingerprint density at radius 3 is 2.11 bits per heavy atom. The normalized spacial score (nSPS) is 10.9. The van der Waals surface area contributed by atoms with Crippen LogP contribution in [0.5, 0.6) is 5.75 Å². The van der Waals surface area contributed by atoms with Crippen LogP contribution in [-0.4, -0.2) is 31.9 Å². The molecule has 10 nitrogen and oxygen atoms in total. The van der Waals surface area contributed by atoms with Crippen molar-refractivity contribution in [2.24, 2.45) is 0 Å². The van der Waals surface area contributed by atoms with Crippen LogP contribution in [0.3, 0.4) is 0 Å². The minimum atomic E-state index is -4.20. The molecule has 0 aliphatic heterocycles. The molecular formula is C16H15N3O7S. The van der Waals surface area contributed by atoms with Gasteiger partial charge in [-0.3, -0.25) is 24.5 Å². The molecule has 0 aliphatic carbocycles. The van der Waals surface area contributed by atoms with E-state index < -0.39 is 19.9 Å². The number of methoxy groups -OCH3 is 1. The molecule has 0 aliphatic rings. The van der Waals surface area contributed by atoms with Gasteiger partial charge in [-0.05, 0) is 18.2 Å². The van der Waals surface area contributed by atoms with Gasteiger partial charge in [-0.1, -0.05) is 6.08 Å². The smallest absolute Gasteiger partial charge is 0.271 e. The lowest BCUT2D eigenvalue weighted by atomic mass is 10.2. The number of hydrogen-bond acceptors (Lipinski definition) is 7. The van der Waals surface area contributed by atoms with E-state index >= 15 is 0 Å². The molecule has 0 aromatic heterocycles. The molecule has 11 heteroatoms. The predicted octanol–water partition coefficient (Wildman–Crippen LogP) is 2.89. The van der Waals surface area contributed by atoms with Crippen molar-refractivity contribution in [2.45, 2.75) is 4.90 Å². The predicted molar refractivity (Wildman–Crippen MR) is 97.5 cm³/mol. The van der Waals surface area contributed by atoms with E-state index in [0.29, 0.717) is 0 Å². The first-order valence-corrected chi connectivity index (χ1v) is 8.87. The van der Waals surface area contributed by atoms with Crippen LogP contribution in [0, 0.1) is 20.2 Å². The Morgan fingerprint density at radius 1 is 1.07 bits per heavy atom. The third-order valence-corrected chi connectivity index (χ3v) is 5.37. The molecule has 0 N–H and O–H groups in total. The highest BCUT2D eigenvalue weighted by Gasteiger charge is 2.28. The van der Waals surface area contributed by atoms with Gasteiger partial charge in [0.1, 0.15) is 11.4 Å². The quantitative estimate of drug-likeness (QED) is 0.382. The number of nitro groups is 2. The van der Waals surface area contributed by atoms with E-state index in [9.17, 15) is 28.6 Å². The van der Waals surface area contributed by atoms with Gasteiger partial charge in [-0.15, -0.1) is 6.58 Å². The van der Waals surface area contributed by atoms with Crippen LogP contribution in [0.15, 0.2) is 60.0 Å². The first-order chi connectivity index (χ1) is 12.7. The summed E-state index contributed by atoms with van der Waals surface area (Å²) in [5, 5.41) is 21.8. The van der Waals surface area contributed by atoms with Crippen molar-refractivity contribution in [3.8, 4) is 5.75 Å². The van der Waals surface area contributed by atoms with Crippen LogP contribution >= 0.6 is 0 Å². The van der Waals surface area contributed by atoms with Gasteiger partial charge in [-0.2, -0.15) is 0 Å². The number of ether oxygens (including phenoxy) is 1. The number of anilines is 1. The molecule has 2 rings (SSSR count). The minimum absolute atomic E-state index is 0.0510. The summed E-state index contributed by atoms with van der Waals surface area (Å²) < 4.78 is 32.1. The van der Waals surface area contributed by atoms with E-state index in [1.54, 1.807) is 0 Å². The lowest BCUT2D eigenvalue weighted by Crippen LogP contribution is -2.31. The Kier molecular flexibility index (Phi) is 5.75. The fourth-order valence-electron chi connectivity index (χ4n) is 2.30. The summed E-state index contributed by atoms with van der Waals surface area (Å²) in [5.41, 5.74) is -0.638. The van der Waals surface area contributed by atoms with Gasteiger partial charge in [0.2, 0.25) is 0 Å². The van der Waals surface area contributed by atoms with Crippen LogP contribution < -0.4 is 9.04 Å². The summed E-state index contributed by atoms with van der Waals surface area (Å²) in [7, 11) is -2.90. The summed E-state index contributed by atoms with van der Waals surface area (Å²) in [5.74, 6) is 0.105. The van der Waals surface area contributed by atoms with Crippen LogP contribution in [0.2, 0.25) is 0 Å². The third-order valence-electron chi connectivity index (χ3n) is 3.57. The van der Waals surface area contributed by atoms with Gasteiger partial charge < -0.3 is 4.74 Å². The summed E-state index contributed by atoms with van der Waals surface area (Å²) in [6.07, 6.45) is 1.31. The Bertz CT molecular complexity index is 988. The minimum Gasteiger partial charge on any atom is -0.495 e. The zero-order chi connectivity index (χ0) is 20.2. The lowest BCUT2D eigenvalue weighted by molar-refractivity contribution is -0.385.